The number of anilines is 2. The van der Waals surface area contributed by atoms with Crippen molar-refractivity contribution in [2.75, 3.05) is 10.5 Å². The van der Waals surface area contributed by atoms with Crippen molar-refractivity contribution in [3.05, 3.63) is 65.0 Å². The topological polar surface area (TPSA) is 96.0 Å². The lowest BCUT2D eigenvalue weighted by molar-refractivity contribution is 0.601. The summed E-state index contributed by atoms with van der Waals surface area (Å²) in [6, 6.07) is 15.6. The Balaban J connectivity index is 1.86. The molecule has 25 heavy (non-hydrogen) atoms. The van der Waals surface area contributed by atoms with E-state index in [2.05, 4.69) is 10.8 Å². The quantitative estimate of drug-likeness (QED) is 0.727. The van der Waals surface area contributed by atoms with Gasteiger partial charge < -0.3 is 5.73 Å². The van der Waals surface area contributed by atoms with Crippen LogP contribution in [0.5, 0.6) is 0 Å². The van der Waals surface area contributed by atoms with E-state index in [-0.39, 0.29) is 4.90 Å². The summed E-state index contributed by atoms with van der Waals surface area (Å²) in [7, 11) is -3.64. The first-order chi connectivity index (χ1) is 11.9. The molecule has 3 rings (SSSR count). The third-order valence-corrected chi connectivity index (χ3v) is 5.92. The highest BCUT2D eigenvalue weighted by Gasteiger charge is 2.15. The third kappa shape index (κ3) is 3.50. The van der Waals surface area contributed by atoms with Gasteiger partial charge in [0.25, 0.3) is 10.0 Å². The van der Waals surface area contributed by atoms with Crippen molar-refractivity contribution in [3.63, 3.8) is 0 Å². The van der Waals surface area contributed by atoms with E-state index >= 15 is 0 Å². The zero-order chi connectivity index (χ0) is 18.0. The van der Waals surface area contributed by atoms with E-state index in [1.165, 1.54) is 11.3 Å². The monoisotopic (exact) mass is 369 g/mol. The van der Waals surface area contributed by atoms with E-state index in [9.17, 15) is 13.7 Å². The van der Waals surface area contributed by atoms with E-state index in [0.29, 0.717) is 16.3 Å². The molecule has 0 saturated heterocycles. The molecule has 0 aliphatic heterocycles. The normalized spacial score (nSPS) is 11.0. The Hall–Kier alpha value is -2.82. The van der Waals surface area contributed by atoms with Crippen molar-refractivity contribution in [2.24, 2.45) is 0 Å². The maximum Gasteiger partial charge on any atom is 0.261 e. The van der Waals surface area contributed by atoms with E-state index in [4.69, 9.17) is 5.73 Å². The fraction of sp³-hybridized carbons (Fsp3) is 0.0556. The minimum Gasteiger partial charge on any atom is -0.389 e. The molecule has 3 N–H and O–H groups in total. The molecule has 1 aromatic heterocycles. The van der Waals surface area contributed by atoms with Crippen LogP contribution in [0.2, 0.25) is 0 Å². The fourth-order valence-electron chi connectivity index (χ4n) is 2.35. The zero-order valence-electron chi connectivity index (χ0n) is 13.4. The predicted molar refractivity (Wildman–Crippen MR) is 101 cm³/mol. The lowest BCUT2D eigenvalue weighted by Gasteiger charge is -2.09. The van der Waals surface area contributed by atoms with Crippen molar-refractivity contribution < 1.29 is 8.42 Å². The highest BCUT2D eigenvalue weighted by molar-refractivity contribution is 7.92. The summed E-state index contributed by atoms with van der Waals surface area (Å²) in [6.45, 7) is 1.90. The van der Waals surface area contributed by atoms with Crippen LogP contribution in [-0.2, 0) is 10.0 Å². The number of nitrogens with two attached hydrogens (primary N) is 1. The van der Waals surface area contributed by atoms with E-state index in [1.54, 1.807) is 48.5 Å². The van der Waals surface area contributed by atoms with Crippen molar-refractivity contribution in [1.29, 1.82) is 5.26 Å². The smallest absolute Gasteiger partial charge is 0.261 e. The van der Waals surface area contributed by atoms with Crippen LogP contribution >= 0.6 is 11.3 Å². The molecule has 126 valence electrons. The number of sulfonamides is 1. The minimum absolute atomic E-state index is 0.208. The summed E-state index contributed by atoms with van der Waals surface area (Å²) in [5.41, 5.74) is 9.22. The molecule has 1 heterocycles. The molecule has 7 heteroatoms. The Morgan fingerprint density at radius 1 is 1.08 bits per heavy atom. The first-order valence-electron chi connectivity index (χ1n) is 7.38. The van der Waals surface area contributed by atoms with Crippen LogP contribution < -0.4 is 10.5 Å². The van der Waals surface area contributed by atoms with Gasteiger partial charge in [0.05, 0.1) is 10.5 Å². The molecule has 0 saturated carbocycles. The summed E-state index contributed by atoms with van der Waals surface area (Å²) >= 11 is 1.31. The van der Waals surface area contributed by atoms with Crippen LogP contribution in [0.1, 0.15) is 11.1 Å². The Bertz CT molecular complexity index is 1050. The first kappa shape index (κ1) is 17.0. The van der Waals surface area contributed by atoms with Crippen molar-refractivity contribution in [2.45, 2.75) is 11.8 Å². The molecule has 3 aromatic rings. The average molecular weight is 369 g/mol. The molecule has 5 nitrogen and oxygen atoms in total. The van der Waals surface area contributed by atoms with Crippen LogP contribution in [0.15, 0.2) is 58.8 Å². The number of nitriles is 1. The Kier molecular flexibility index (Phi) is 4.49. The molecule has 2 aromatic carbocycles. The van der Waals surface area contributed by atoms with Gasteiger partial charge in [0.1, 0.15) is 11.1 Å². The van der Waals surface area contributed by atoms with Gasteiger partial charge in [0, 0.05) is 16.6 Å². The van der Waals surface area contributed by atoms with Gasteiger partial charge in [-0.15, -0.1) is 11.3 Å². The fourth-order valence-corrected chi connectivity index (χ4v) is 4.18. The highest BCUT2D eigenvalue weighted by Crippen LogP contribution is 2.33. The average Bonchev–Trinajstić information content (AvgIpc) is 2.96. The maximum atomic E-state index is 12.4. The van der Waals surface area contributed by atoms with E-state index in [1.807, 2.05) is 12.3 Å². The van der Waals surface area contributed by atoms with Crippen molar-refractivity contribution >= 4 is 32.0 Å². The number of hydrogen-bond donors (Lipinski definition) is 2. The number of hydrogen-bond acceptors (Lipinski definition) is 5. The van der Waals surface area contributed by atoms with E-state index in [0.717, 1.165) is 16.7 Å². The van der Waals surface area contributed by atoms with Crippen molar-refractivity contribution in [3.8, 4) is 17.2 Å². The van der Waals surface area contributed by atoms with Gasteiger partial charge >= 0.3 is 0 Å². The van der Waals surface area contributed by atoms with Crippen LogP contribution in [0.4, 0.5) is 10.7 Å². The van der Waals surface area contributed by atoms with Gasteiger partial charge in [0.2, 0.25) is 0 Å². The van der Waals surface area contributed by atoms with Gasteiger partial charge in [-0.3, -0.25) is 4.72 Å². The van der Waals surface area contributed by atoms with Gasteiger partial charge in [-0.05, 0) is 36.8 Å². The zero-order valence-corrected chi connectivity index (χ0v) is 15.0. The molecule has 0 amide bonds. The van der Waals surface area contributed by atoms with Crippen molar-refractivity contribution in [1.82, 2.24) is 0 Å². The molecule has 0 bridgehead atoms. The lowest BCUT2D eigenvalue weighted by atomic mass is 10.0. The Morgan fingerprint density at radius 3 is 2.32 bits per heavy atom. The highest BCUT2D eigenvalue weighted by atomic mass is 32.2. The van der Waals surface area contributed by atoms with Crippen LogP contribution in [0.3, 0.4) is 0 Å². The summed E-state index contributed by atoms with van der Waals surface area (Å²) < 4.78 is 27.4. The number of thiophene rings is 1. The molecule has 0 spiro atoms. The number of benzene rings is 2. The summed E-state index contributed by atoms with van der Waals surface area (Å²) in [5, 5.41) is 11.5. The number of nitrogen functional groups attached to an aromatic ring is 1. The van der Waals surface area contributed by atoms with Crippen LogP contribution in [0, 0.1) is 18.3 Å². The summed E-state index contributed by atoms with van der Waals surface area (Å²) in [6.07, 6.45) is 0. The second-order valence-electron chi connectivity index (χ2n) is 5.50. The SMILES string of the molecule is Cc1ccc(S(=O)(=O)Nc2ccc(-c3csc(N)c3C#N)cc2)cc1. The van der Waals surface area contributed by atoms with Gasteiger partial charge in [0.15, 0.2) is 0 Å². The van der Waals surface area contributed by atoms with Gasteiger partial charge in [-0.1, -0.05) is 29.8 Å². The molecular weight excluding hydrogens is 354 g/mol. The van der Waals surface area contributed by atoms with E-state index < -0.39 is 10.0 Å². The second-order valence-corrected chi connectivity index (χ2v) is 8.09. The van der Waals surface area contributed by atoms with Gasteiger partial charge in [-0.25, -0.2) is 8.42 Å². The molecule has 0 unspecified atom stereocenters. The van der Waals surface area contributed by atoms with Crippen LogP contribution in [-0.4, -0.2) is 8.42 Å². The molecule has 0 fully saturated rings. The molecular formula is C18H15N3O2S2. The molecule has 0 aliphatic rings. The maximum absolute atomic E-state index is 12.4. The minimum atomic E-state index is -3.64. The van der Waals surface area contributed by atoms with Crippen LogP contribution in [0.25, 0.3) is 11.1 Å². The second kappa shape index (κ2) is 6.59. The molecule has 0 radical (unpaired) electrons. The summed E-state index contributed by atoms with van der Waals surface area (Å²) in [5.74, 6) is 0. The lowest BCUT2D eigenvalue weighted by Crippen LogP contribution is -2.12. The number of nitrogens with zero attached hydrogens (tertiary/aromatic N) is 1. The Labute approximate surface area is 150 Å². The van der Waals surface area contributed by atoms with Gasteiger partial charge in [-0.2, -0.15) is 5.26 Å². The number of rotatable bonds is 4. The third-order valence-electron chi connectivity index (χ3n) is 3.71. The largest absolute Gasteiger partial charge is 0.389 e. The first-order valence-corrected chi connectivity index (χ1v) is 9.74. The number of aryl methyl sites for hydroxylation is 1. The molecule has 0 aliphatic carbocycles. The predicted octanol–water partition coefficient (Wildman–Crippen LogP) is 3.98. The number of nitrogens with one attached hydrogen (secondary N) is 1. The summed E-state index contributed by atoms with van der Waals surface area (Å²) in [4.78, 5) is 0.208. The standard InChI is InChI=1S/C18H15N3O2S2/c1-12-2-8-15(9-3-12)25(22,23)21-14-6-4-13(5-7-14)17-11-24-18(20)16(17)10-19/h2-9,11,21H,20H2,1H3. The Morgan fingerprint density at radius 2 is 1.72 bits per heavy atom. The molecule has 0 atom stereocenters.